The lowest BCUT2D eigenvalue weighted by molar-refractivity contribution is -0.134. The summed E-state index contributed by atoms with van der Waals surface area (Å²) in [6, 6.07) is 19.8. The second kappa shape index (κ2) is 9.55. The first-order chi connectivity index (χ1) is 17.4. The van der Waals surface area contributed by atoms with E-state index in [0.717, 1.165) is 34.5 Å². The van der Waals surface area contributed by atoms with Gasteiger partial charge in [-0.2, -0.15) is 0 Å². The van der Waals surface area contributed by atoms with Crippen LogP contribution in [0.5, 0.6) is 11.5 Å². The van der Waals surface area contributed by atoms with Crippen LogP contribution in [0.15, 0.2) is 71.7 Å². The van der Waals surface area contributed by atoms with Gasteiger partial charge in [0.1, 0.15) is 5.69 Å². The van der Waals surface area contributed by atoms with Crippen molar-refractivity contribution in [1.29, 1.82) is 0 Å². The van der Waals surface area contributed by atoms with Gasteiger partial charge in [0.25, 0.3) is 11.5 Å². The number of rotatable bonds is 4. The van der Waals surface area contributed by atoms with Crippen molar-refractivity contribution in [3.05, 3.63) is 88.3 Å². The van der Waals surface area contributed by atoms with Crippen molar-refractivity contribution in [2.75, 3.05) is 6.79 Å². The third kappa shape index (κ3) is 4.51. The fourth-order valence-electron chi connectivity index (χ4n) is 4.28. The summed E-state index contributed by atoms with van der Waals surface area (Å²) in [4.78, 5) is 29.7. The molecule has 5 aromatic rings. The van der Waals surface area contributed by atoms with Crippen LogP contribution >= 0.6 is 0 Å². The Morgan fingerprint density at radius 3 is 2.58 bits per heavy atom. The first-order valence-corrected chi connectivity index (χ1v) is 11.3. The molecule has 0 saturated carbocycles. The van der Waals surface area contributed by atoms with E-state index in [-0.39, 0.29) is 12.4 Å². The van der Waals surface area contributed by atoms with Crippen molar-refractivity contribution >= 4 is 27.9 Å². The number of H-pyrrole nitrogens is 1. The number of fused-ring (bicyclic) bond motifs is 3. The molecule has 6 rings (SSSR count). The van der Waals surface area contributed by atoms with Crippen LogP contribution in [0, 0.1) is 0 Å². The van der Waals surface area contributed by atoms with Crippen LogP contribution in [0.25, 0.3) is 33.2 Å². The molecular weight excluding hydrogens is 460 g/mol. The number of carboxylic acids is 1. The van der Waals surface area contributed by atoms with Crippen LogP contribution in [0.2, 0.25) is 0 Å². The molecule has 0 fully saturated rings. The van der Waals surface area contributed by atoms with E-state index in [9.17, 15) is 4.79 Å². The highest BCUT2D eigenvalue weighted by atomic mass is 16.7. The molecule has 0 bridgehead atoms. The minimum absolute atomic E-state index is 0.168. The van der Waals surface area contributed by atoms with Crippen LogP contribution in [-0.4, -0.2) is 32.4 Å². The third-order valence-corrected chi connectivity index (χ3v) is 5.81. The van der Waals surface area contributed by atoms with Crippen molar-refractivity contribution in [3.8, 4) is 22.8 Å². The number of para-hydroxylation sites is 1. The van der Waals surface area contributed by atoms with E-state index in [1.54, 1.807) is 12.1 Å². The van der Waals surface area contributed by atoms with Gasteiger partial charge in [0.15, 0.2) is 11.5 Å². The number of hydrogen-bond acceptors (Lipinski definition) is 6. The van der Waals surface area contributed by atoms with Crippen LogP contribution < -0.4 is 20.8 Å². The summed E-state index contributed by atoms with van der Waals surface area (Å²) in [7, 11) is 0. The van der Waals surface area contributed by atoms with E-state index in [1.807, 2.05) is 36.5 Å². The summed E-state index contributed by atoms with van der Waals surface area (Å²) in [5.41, 5.74) is 11.3. The van der Waals surface area contributed by atoms with E-state index >= 15 is 0 Å². The average Bonchev–Trinajstić information content (AvgIpc) is 3.46. The summed E-state index contributed by atoms with van der Waals surface area (Å²) in [6.07, 6.45) is 2.00. The quantitative estimate of drug-likeness (QED) is 0.353. The molecular formula is C27H24N4O5. The van der Waals surface area contributed by atoms with Crippen molar-refractivity contribution in [1.82, 2.24) is 14.5 Å². The Hall–Kier alpha value is -4.63. The van der Waals surface area contributed by atoms with E-state index in [2.05, 4.69) is 27.8 Å². The number of aromatic amines is 1. The maximum absolute atomic E-state index is 13.0. The molecule has 4 N–H and O–H groups in total. The Kier molecular flexibility index (Phi) is 6.14. The maximum Gasteiger partial charge on any atom is 0.300 e. The molecule has 1 aliphatic rings. The highest BCUT2D eigenvalue weighted by Crippen LogP contribution is 2.35. The first-order valence-electron chi connectivity index (χ1n) is 11.3. The molecule has 182 valence electrons. The van der Waals surface area contributed by atoms with Gasteiger partial charge in [-0.15, -0.1) is 0 Å². The summed E-state index contributed by atoms with van der Waals surface area (Å²) < 4.78 is 13.0. The molecule has 0 spiro atoms. The van der Waals surface area contributed by atoms with Gasteiger partial charge in [-0.1, -0.05) is 42.5 Å². The van der Waals surface area contributed by atoms with Gasteiger partial charge < -0.3 is 29.9 Å². The summed E-state index contributed by atoms with van der Waals surface area (Å²) in [6.45, 7) is 2.42. The molecule has 1 aliphatic heterocycles. The highest BCUT2D eigenvalue weighted by molar-refractivity contribution is 5.96. The number of hydrogen-bond donors (Lipinski definition) is 3. The fourth-order valence-corrected chi connectivity index (χ4v) is 4.28. The molecule has 9 nitrogen and oxygen atoms in total. The summed E-state index contributed by atoms with van der Waals surface area (Å²) >= 11 is 0. The lowest BCUT2D eigenvalue weighted by Crippen LogP contribution is -2.11. The van der Waals surface area contributed by atoms with Gasteiger partial charge in [-0.3, -0.25) is 9.59 Å². The molecule has 9 heteroatoms. The Morgan fingerprint density at radius 2 is 1.81 bits per heavy atom. The summed E-state index contributed by atoms with van der Waals surface area (Å²) in [5.74, 6) is 0.407. The number of benzene rings is 3. The molecule has 2 aromatic heterocycles. The maximum atomic E-state index is 13.0. The number of nitrogens with two attached hydrogens (primary N) is 1. The molecule has 0 saturated heterocycles. The Bertz CT molecular complexity index is 1650. The number of aliphatic carboxylic acids is 1. The fraction of sp³-hybridized carbons (Fsp3) is 0.148. The molecule has 0 atom stereocenters. The number of carbonyl (C=O) groups is 1. The van der Waals surface area contributed by atoms with Crippen molar-refractivity contribution < 1.29 is 19.4 Å². The van der Waals surface area contributed by atoms with E-state index in [0.29, 0.717) is 41.3 Å². The van der Waals surface area contributed by atoms with Crippen LogP contribution in [0.3, 0.4) is 0 Å². The molecule has 0 radical (unpaired) electrons. The standard InChI is InChI=1S/C25H20N4O3.C2H4O2/c26-11-15-4-3-5-16(8-15)12-29-13-18(17-6-1-2-7-21(17)29)24-25(30)28-20-10-23-22(31-14-32-23)9-19(20)27-24;1-2(3)4/h1-10,13H,11-12,14,26H2,(H,28,30);1H3,(H,3,4). The zero-order chi connectivity index (χ0) is 25.2. The van der Waals surface area contributed by atoms with E-state index < -0.39 is 5.97 Å². The van der Waals surface area contributed by atoms with E-state index in [4.69, 9.17) is 30.1 Å². The van der Waals surface area contributed by atoms with Gasteiger partial charge in [0.2, 0.25) is 6.79 Å². The SMILES string of the molecule is CC(=O)O.NCc1cccc(Cn2cc(-c3nc4cc5c(cc4[nH]c3=O)OCO5)c3ccccc32)c1. The lowest BCUT2D eigenvalue weighted by Gasteiger charge is -2.07. The van der Waals surface area contributed by atoms with Crippen molar-refractivity contribution in [3.63, 3.8) is 0 Å². The van der Waals surface area contributed by atoms with Gasteiger partial charge in [-0.05, 0) is 17.2 Å². The number of ether oxygens (including phenoxy) is 2. The minimum atomic E-state index is -0.833. The molecule has 3 heterocycles. The van der Waals surface area contributed by atoms with Gasteiger partial charge in [-0.25, -0.2) is 4.98 Å². The van der Waals surface area contributed by atoms with Crippen LogP contribution in [-0.2, 0) is 17.9 Å². The zero-order valence-corrected chi connectivity index (χ0v) is 19.5. The normalized spacial score (nSPS) is 11.9. The molecule has 36 heavy (non-hydrogen) atoms. The van der Waals surface area contributed by atoms with Crippen LogP contribution in [0.1, 0.15) is 18.1 Å². The number of carboxylic acid groups (broad SMARTS) is 1. The molecule has 3 aromatic carbocycles. The van der Waals surface area contributed by atoms with Gasteiger partial charge >= 0.3 is 0 Å². The Morgan fingerprint density at radius 1 is 1.08 bits per heavy atom. The summed E-state index contributed by atoms with van der Waals surface area (Å²) in [5, 5.41) is 8.39. The smallest absolute Gasteiger partial charge is 0.300 e. The monoisotopic (exact) mass is 484 g/mol. The van der Waals surface area contributed by atoms with E-state index in [1.165, 1.54) is 0 Å². The number of nitrogens with zero attached hydrogens (tertiary/aromatic N) is 2. The second-order valence-corrected chi connectivity index (χ2v) is 8.37. The third-order valence-electron chi connectivity index (χ3n) is 5.81. The molecule has 0 aliphatic carbocycles. The molecule has 0 unspecified atom stereocenters. The Labute approximate surface area is 205 Å². The van der Waals surface area contributed by atoms with Crippen LogP contribution in [0.4, 0.5) is 0 Å². The first kappa shape index (κ1) is 23.1. The number of aromatic nitrogens is 3. The second-order valence-electron chi connectivity index (χ2n) is 8.37. The van der Waals surface area contributed by atoms with Crippen molar-refractivity contribution in [2.45, 2.75) is 20.0 Å². The minimum Gasteiger partial charge on any atom is -0.481 e. The zero-order valence-electron chi connectivity index (χ0n) is 19.5. The topological polar surface area (TPSA) is 132 Å². The highest BCUT2D eigenvalue weighted by Gasteiger charge is 2.19. The average molecular weight is 485 g/mol. The largest absolute Gasteiger partial charge is 0.481 e. The van der Waals surface area contributed by atoms with Gasteiger partial charge in [0.05, 0.1) is 11.0 Å². The van der Waals surface area contributed by atoms with Gasteiger partial charge in [0, 0.05) is 54.8 Å². The predicted molar refractivity (Wildman–Crippen MR) is 136 cm³/mol. The Balaban J connectivity index is 0.000000623. The number of nitrogens with one attached hydrogen (secondary N) is 1. The predicted octanol–water partition coefficient (Wildman–Crippen LogP) is 3.87. The molecule has 0 amide bonds. The van der Waals surface area contributed by atoms with Crippen molar-refractivity contribution in [2.24, 2.45) is 5.73 Å². The lowest BCUT2D eigenvalue weighted by atomic mass is 10.1.